The number of rotatable bonds is 6. The molecule has 1 rings (SSSR count). The average Bonchev–Trinajstić information content (AvgIpc) is 2.34. The van der Waals surface area contributed by atoms with Gasteiger partial charge in [-0.2, -0.15) is 0 Å². The van der Waals surface area contributed by atoms with Gasteiger partial charge in [-0.3, -0.25) is 19.7 Å². The summed E-state index contributed by atoms with van der Waals surface area (Å²) >= 11 is 0. The first-order chi connectivity index (χ1) is 8.86. The number of hydrogen-bond donors (Lipinski definition) is 1. The molecule has 0 saturated heterocycles. The van der Waals surface area contributed by atoms with Crippen LogP contribution in [-0.2, 0) is 4.79 Å². The highest BCUT2D eigenvalue weighted by atomic mass is 16.6. The molecule has 1 amide bonds. The molecule has 0 bridgehead atoms. The minimum Gasteiger partial charge on any atom is -0.368 e. The number of aldehydes is 1. The van der Waals surface area contributed by atoms with E-state index in [0.29, 0.717) is 6.29 Å². The summed E-state index contributed by atoms with van der Waals surface area (Å²) in [4.78, 5) is 33.7. The van der Waals surface area contributed by atoms with E-state index >= 15 is 0 Å². The summed E-state index contributed by atoms with van der Waals surface area (Å²) in [6.45, 7) is 3.46. The van der Waals surface area contributed by atoms with Crippen molar-refractivity contribution in [3.05, 3.63) is 33.9 Å². The number of nitro groups is 1. The maximum absolute atomic E-state index is 11.0. The molecule has 19 heavy (non-hydrogen) atoms. The van der Waals surface area contributed by atoms with Gasteiger partial charge in [0.1, 0.15) is 12.0 Å². The zero-order chi connectivity index (χ0) is 14.6. The fourth-order valence-electron chi connectivity index (χ4n) is 1.72. The van der Waals surface area contributed by atoms with Gasteiger partial charge >= 0.3 is 0 Å². The first-order valence-electron chi connectivity index (χ1n) is 5.65. The van der Waals surface area contributed by atoms with Crippen LogP contribution in [0.15, 0.2) is 18.2 Å². The second-order valence-electron chi connectivity index (χ2n) is 4.31. The number of nitrogens with zero attached hydrogens (tertiary/aromatic N) is 2. The number of amides is 1. The molecule has 1 aromatic rings. The van der Waals surface area contributed by atoms with Crippen LogP contribution in [0.1, 0.15) is 24.2 Å². The fourth-order valence-corrected chi connectivity index (χ4v) is 1.72. The number of nitro benzene ring substituents is 1. The Bertz CT molecular complexity index is 514. The minimum absolute atomic E-state index is 0.126. The molecule has 0 heterocycles. The zero-order valence-corrected chi connectivity index (χ0v) is 10.7. The quantitative estimate of drug-likeness (QED) is 0.471. The van der Waals surface area contributed by atoms with Crippen molar-refractivity contribution in [3.8, 4) is 0 Å². The largest absolute Gasteiger partial charge is 0.368 e. The maximum atomic E-state index is 11.0. The summed E-state index contributed by atoms with van der Waals surface area (Å²) in [5, 5.41) is 11.0. The highest BCUT2D eigenvalue weighted by molar-refractivity contribution is 5.83. The van der Waals surface area contributed by atoms with E-state index in [9.17, 15) is 19.7 Å². The van der Waals surface area contributed by atoms with Crippen molar-refractivity contribution >= 4 is 23.6 Å². The number of carbonyl (C=O) groups is 2. The molecule has 0 aliphatic carbocycles. The van der Waals surface area contributed by atoms with E-state index in [4.69, 9.17) is 5.73 Å². The van der Waals surface area contributed by atoms with Crippen LogP contribution >= 0.6 is 0 Å². The van der Waals surface area contributed by atoms with Crippen molar-refractivity contribution in [2.75, 3.05) is 11.4 Å². The lowest BCUT2D eigenvalue weighted by molar-refractivity contribution is -0.384. The summed E-state index contributed by atoms with van der Waals surface area (Å²) in [6.07, 6.45) is 0.532. The number of carbonyl (C=O) groups excluding carboxylic acids is 2. The second kappa shape index (κ2) is 5.94. The first-order valence-corrected chi connectivity index (χ1v) is 5.65. The summed E-state index contributed by atoms with van der Waals surface area (Å²) in [6, 6.07) is 3.95. The van der Waals surface area contributed by atoms with Crippen LogP contribution in [0.25, 0.3) is 0 Å². The third kappa shape index (κ3) is 3.51. The zero-order valence-electron chi connectivity index (χ0n) is 10.7. The van der Waals surface area contributed by atoms with Gasteiger partial charge in [0, 0.05) is 17.7 Å². The minimum atomic E-state index is -0.585. The highest BCUT2D eigenvalue weighted by Gasteiger charge is 2.23. The smallest absolute Gasteiger partial charge is 0.293 e. The number of primary amides is 1. The van der Waals surface area contributed by atoms with Crippen LogP contribution < -0.4 is 10.6 Å². The third-order valence-corrected chi connectivity index (χ3v) is 2.59. The van der Waals surface area contributed by atoms with Crippen LogP contribution in [0.3, 0.4) is 0 Å². The van der Waals surface area contributed by atoms with E-state index in [2.05, 4.69) is 0 Å². The van der Waals surface area contributed by atoms with E-state index in [1.54, 1.807) is 13.8 Å². The van der Waals surface area contributed by atoms with Crippen LogP contribution in [-0.4, -0.2) is 29.7 Å². The van der Waals surface area contributed by atoms with Gasteiger partial charge in [-0.05, 0) is 26.0 Å². The van der Waals surface area contributed by atoms with Crippen molar-refractivity contribution in [1.29, 1.82) is 0 Å². The molecule has 7 heteroatoms. The fraction of sp³-hybridized carbons (Fsp3) is 0.333. The molecule has 7 nitrogen and oxygen atoms in total. The van der Waals surface area contributed by atoms with Gasteiger partial charge in [-0.1, -0.05) is 0 Å². The highest BCUT2D eigenvalue weighted by Crippen LogP contribution is 2.30. The lowest BCUT2D eigenvalue weighted by Gasteiger charge is -2.27. The summed E-state index contributed by atoms with van der Waals surface area (Å²) in [5.41, 5.74) is 5.40. The summed E-state index contributed by atoms with van der Waals surface area (Å²) in [7, 11) is 0. The molecule has 0 aromatic heterocycles. The molecule has 0 spiro atoms. The Kier molecular flexibility index (Phi) is 4.57. The van der Waals surface area contributed by atoms with Crippen LogP contribution in [0, 0.1) is 10.1 Å². The molecule has 102 valence electrons. The Balaban J connectivity index is 3.32. The molecular formula is C12H15N3O4. The van der Waals surface area contributed by atoms with E-state index < -0.39 is 10.8 Å². The van der Waals surface area contributed by atoms with Gasteiger partial charge in [-0.25, -0.2) is 0 Å². The predicted molar refractivity (Wildman–Crippen MR) is 70.2 cm³/mol. The van der Waals surface area contributed by atoms with Crippen LogP contribution in [0.4, 0.5) is 11.4 Å². The van der Waals surface area contributed by atoms with E-state index in [1.807, 2.05) is 0 Å². The molecule has 2 N–H and O–H groups in total. The third-order valence-electron chi connectivity index (χ3n) is 2.59. The Morgan fingerprint density at radius 3 is 2.58 bits per heavy atom. The van der Waals surface area contributed by atoms with Gasteiger partial charge in [0.15, 0.2) is 0 Å². The summed E-state index contributed by atoms with van der Waals surface area (Å²) < 4.78 is 0. The monoisotopic (exact) mass is 265 g/mol. The van der Waals surface area contributed by atoms with Crippen LogP contribution in [0.5, 0.6) is 0 Å². The van der Waals surface area contributed by atoms with Gasteiger partial charge in [0.2, 0.25) is 5.91 Å². The summed E-state index contributed by atoms with van der Waals surface area (Å²) in [5.74, 6) is -0.581. The number of hydrogen-bond acceptors (Lipinski definition) is 5. The molecule has 0 saturated carbocycles. The van der Waals surface area contributed by atoms with Gasteiger partial charge in [-0.15, -0.1) is 0 Å². The normalized spacial score (nSPS) is 10.3. The lowest BCUT2D eigenvalue weighted by Crippen LogP contribution is -2.38. The topological polar surface area (TPSA) is 107 Å². The standard InChI is InChI=1S/C12H15N3O4/c1-8(2)14(6-12(13)17)10-4-3-9(7-16)5-11(10)15(18)19/h3-5,7-8H,6H2,1-2H3,(H2,13,17). The first kappa shape index (κ1) is 14.6. The van der Waals surface area contributed by atoms with Crippen molar-refractivity contribution < 1.29 is 14.5 Å². The SMILES string of the molecule is CC(C)N(CC(N)=O)c1ccc(C=O)cc1[N+](=O)[O-]. The van der Waals surface area contributed by atoms with E-state index in [0.717, 1.165) is 0 Å². The van der Waals surface area contributed by atoms with Crippen LogP contribution in [0.2, 0.25) is 0 Å². The number of nitrogens with two attached hydrogens (primary N) is 1. The van der Waals surface area contributed by atoms with Gasteiger partial charge in [0.25, 0.3) is 5.69 Å². The Labute approximate surface area is 110 Å². The molecule has 0 aliphatic heterocycles. The molecule has 0 radical (unpaired) electrons. The molecule has 0 aliphatic rings. The Hall–Kier alpha value is -2.44. The molecule has 1 aromatic carbocycles. The molecular weight excluding hydrogens is 250 g/mol. The average molecular weight is 265 g/mol. The van der Waals surface area contributed by atoms with E-state index in [-0.39, 0.29) is 29.5 Å². The van der Waals surface area contributed by atoms with Crippen molar-refractivity contribution in [3.63, 3.8) is 0 Å². The second-order valence-corrected chi connectivity index (χ2v) is 4.31. The van der Waals surface area contributed by atoms with Gasteiger partial charge < -0.3 is 10.6 Å². The number of benzene rings is 1. The van der Waals surface area contributed by atoms with Gasteiger partial charge in [0.05, 0.1) is 11.5 Å². The van der Waals surface area contributed by atoms with Crippen molar-refractivity contribution in [1.82, 2.24) is 0 Å². The number of anilines is 1. The lowest BCUT2D eigenvalue weighted by atomic mass is 10.1. The van der Waals surface area contributed by atoms with E-state index in [1.165, 1.54) is 23.1 Å². The predicted octanol–water partition coefficient (Wildman–Crippen LogP) is 1.11. The molecule has 0 unspecified atom stereocenters. The Morgan fingerprint density at radius 2 is 2.16 bits per heavy atom. The van der Waals surface area contributed by atoms with Crippen molar-refractivity contribution in [2.24, 2.45) is 5.73 Å². The Morgan fingerprint density at radius 1 is 1.53 bits per heavy atom. The molecule has 0 fully saturated rings. The maximum Gasteiger partial charge on any atom is 0.293 e. The molecule has 0 atom stereocenters. The van der Waals surface area contributed by atoms with Crippen molar-refractivity contribution in [2.45, 2.75) is 19.9 Å².